The average Bonchev–Trinajstić information content (AvgIpc) is 3.04. The van der Waals surface area contributed by atoms with E-state index in [1.165, 1.54) is 29.5 Å². The fourth-order valence-corrected chi connectivity index (χ4v) is 5.06. The van der Waals surface area contributed by atoms with E-state index in [2.05, 4.69) is 12.2 Å². The molecule has 3 rings (SSSR count). The largest absolute Gasteiger partial charge is 0.365 e. The van der Waals surface area contributed by atoms with Gasteiger partial charge in [0, 0.05) is 23.1 Å². The number of anilines is 1. The minimum atomic E-state index is -0.522. The van der Waals surface area contributed by atoms with Gasteiger partial charge in [0.1, 0.15) is 5.00 Å². The molecule has 2 amide bonds. The zero-order chi connectivity index (χ0) is 21.0. The average molecular weight is 413 g/mol. The first-order valence-electron chi connectivity index (χ1n) is 9.56. The fourth-order valence-electron chi connectivity index (χ4n) is 3.69. The van der Waals surface area contributed by atoms with E-state index in [9.17, 15) is 19.7 Å². The highest BCUT2D eigenvalue weighted by Crippen LogP contribution is 2.40. The first kappa shape index (κ1) is 20.7. The predicted molar refractivity (Wildman–Crippen MR) is 114 cm³/mol. The molecule has 1 aromatic carbocycles. The van der Waals surface area contributed by atoms with Crippen LogP contribution in [0, 0.1) is 16.0 Å². The zero-order valence-electron chi connectivity index (χ0n) is 16.1. The molecule has 1 heterocycles. The van der Waals surface area contributed by atoms with Crippen molar-refractivity contribution in [2.45, 2.75) is 39.0 Å². The molecule has 0 saturated carbocycles. The number of fused-ring (bicyclic) bond motifs is 1. The van der Waals surface area contributed by atoms with E-state index in [-0.39, 0.29) is 11.6 Å². The van der Waals surface area contributed by atoms with Gasteiger partial charge >= 0.3 is 0 Å². The first-order chi connectivity index (χ1) is 13.9. The lowest BCUT2D eigenvalue weighted by atomic mass is 9.84. The maximum atomic E-state index is 12.4. The molecule has 1 aliphatic rings. The van der Waals surface area contributed by atoms with Gasteiger partial charge < -0.3 is 11.1 Å². The number of carbonyl (C=O) groups is 2. The van der Waals surface area contributed by atoms with Crippen LogP contribution in [-0.2, 0) is 17.6 Å². The minimum Gasteiger partial charge on any atom is -0.365 e. The summed E-state index contributed by atoms with van der Waals surface area (Å²) in [5.41, 5.74) is 7.65. The van der Waals surface area contributed by atoms with Gasteiger partial charge in [-0.05, 0) is 54.5 Å². The van der Waals surface area contributed by atoms with Crippen molar-refractivity contribution < 1.29 is 14.5 Å². The molecule has 0 aliphatic heterocycles. The summed E-state index contributed by atoms with van der Waals surface area (Å²) in [6, 6.07) is 5.88. The molecule has 0 bridgehead atoms. The van der Waals surface area contributed by atoms with Gasteiger partial charge in [-0.2, -0.15) is 0 Å². The second kappa shape index (κ2) is 9.00. The van der Waals surface area contributed by atoms with Crippen LogP contribution in [0.3, 0.4) is 0 Å². The molecule has 0 unspecified atom stereocenters. The summed E-state index contributed by atoms with van der Waals surface area (Å²) < 4.78 is 0. The molecular formula is C21H23N3O4S. The molecule has 7 nitrogen and oxygen atoms in total. The molecule has 152 valence electrons. The van der Waals surface area contributed by atoms with Crippen LogP contribution >= 0.6 is 11.3 Å². The van der Waals surface area contributed by atoms with Gasteiger partial charge in [-0.1, -0.05) is 19.8 Å². The van der Waals surface area contributed by atoms with E-state index in [1.54, 1.807) is 18.2 Å². The van der Waals surface area contributed by atoms with Crippen molar-refractivity contribution in [3.05, 3.63) is 62.0 Å². The Kier molecular flexibility index (Phi) is 6.43. The minimum absolute atomic E-state index is 0.0109. The van der Waals surface area contributed by atoms with Crippen LogP contribution in [0.15, 0.2) is 30.3 Å². The standard InChI is InChI=1S/C21H23N3O4S/c1-2-3-14-6-10-16-17(12-14)29-21(19(16)20(22)26)23-18(25)11-7-13-4-8-15(9-5-13)24(27)28/h4-5,7-9,11,14H,2-3,6,10,12H2,1H3,(H2,22,26)(H,23,25)/b11-7-/t14-/m0/s1. The second-order valence-electron chi connectivity index (χ2n) is 7.14. The van der Waals surface area contributed by atoms with Crippen LogP contribution in [0.25, 0.3) is 6.08 Å². The van der Waals surface area contributed by atoms with Gasteiger partial charge in [0.25, 0.3) is 11.6 Å². The number of nitrogens with one attached hydrogen (secondary N) is 1. The van der Waals surface area contributed by atoms with Gasteiger partial charge in [-0.25, -0.2) is 0 Å². The number of nitro benzene ring substituents is 1. The van der Waals surface area contributed by atoms with Gasteiger partial charge in [0.05, 0.1) is 10.5 Å². The Morgan fingerprint density at radius 2 is 2.07 bits per heavy atom. The normalized spacial score (nSPS) is 15.8. The van der Waals surface area contributed by atoms with Crippen molar-refractivity contribution in [3.63, 3.8) is 0 Å². The van der Waals surface area contributed by atoms with Crippen molar-refractivity contribution in [2.24, 2.45) is 11.7 Å². The Morgan fingerprint density at radius 1 is 1.34 bits per heavy atom. The van der Waals surface area contributed by atoms with Crippen molar-refractivity contribution in [1.29, 1.82) is 0 Å². The van der Waals surface area contributed by atoms with Gasteiger partial charge in [-0.15, -0.1) is 11.3 Å². The van der Waals surface area contributed by atoms with Crippen LogP contribution in [0.1, 0.15) is 52.5 Å². The number of hydrogen-bond donors (Lipinski definition) is 2. The molecular weight excluding hydrogens is 390 g/mol. The Bertz CT molecular complexity index is 963. The van der Waals surface area contributed by atoms with E-state index in [0.29, 0.717) is 22.0 Å². The topological polar surface area (TPSA) is 115 Å². The molecule has 1 aromatic heterocycles. The van der Waals surface area contributed by atoms with E-state index >= 15 is 0 Å². The maximum Gasteiger partial charge on any atom is 0.269 e. The van der Waals surface area contributed by atoms with E-state index in [0.717, 1.165) is 42.5 Å². The number of benzene rings is 1. The number of non-ortho nitro benzene ring substituents is 1. The van der Waals surface area contributed by atoms with E-state index < -0.39 is 10.8 Å². The molecule has 0 spiro atoms. The fraction of sp³-hybridized carbons (Fsp3) is 0.333. The Morgan fingerprint density at radius 3 is 2.69 bits per heavy atom. The highest BCUT2D eigenvalue weighted by Gasteiger charge is 2.28. The number of nitrogens with two attached hydrogens (primary N) is 1. The predicted octanol–water partition coefficient (Wildman–Crippen LogP) is 4.31. The lowest BCUT2D eigenvalue weighted by Crippen LogP contribution is -2.19. The van der Waals surface area contributed by atoms with Crippen molar-refractivity contribution in [2.75, 3.05) is 5.32 Å². The summed E-state index contributed by atoms with van der Waals surface area (Å²) in [4.78, 5) is 35.7. The quantitative estimate of drug-likeness (QED) is 0.400. The van der Waals surface area contributed by atoms with Crippen LogP contribution in [0.4, 0.5) is 10.7 Å². The zero-order valence-corrected chi connectivity index (χ0v) is 17.0. The summed E-state index contributed by atoms with van der Waals surface area (Å²) in [6.45, 7) is 2.17. The SMILES string of the molecule is CCC[C@H]1CCc2c(sc(NC(=O)/C=C\c3ccc([N+](=O)[O-])cc3)c2C(N)=O)C1. The molecule has 0 saturated heterocycles. The van der Waals surface area contributed by atoms with Crippen LogP contribution in [-0.4, -0.2) is 16.7 Å². The maximum absolute atomic E-state index is 12.4. The van der Waals surface area contributed by atoms with Gasteiger partial charge in [0.15, 0.2) is 0 Å². The molecule has 2 aromatic rings. The second-order valence-corrected chi connectivity index (χ2v) is 8.25. The summed E-state index contributed by atoms with van der Waals surface area (Å²) in [7, 11) is 0. The summed E-state index contributed by atoms with van der Waals surface area (Å²) >= 11 is 1.43. The molecule has 1 atom stereocenters. The Labute approximate surface area is 172 Å². The number of thiophene rings is 1. The third-order valence-corrected chi connectivity index (χ3v) is 6.25. The van der Waals surface area contributed by atoms with Crippen molar-refractivity contribution in [3.8, 4) is 0 Å². The lowest BCUT2D eigenvalue weighted by Gasteiger charge is -2.21. The van der Waals surface area contributed by atoms with E-state index in [1.807, 2.05) is 0 Å². The van der Waals surface area contributed by atoms with Crippen molar-refractivity contribution >= 4 is 39.9 Å². The van der Waals surface area contributed by atoms with Crippen LogP contribution in [0.2, 0.25) is 0 Å². The highest BCUT2D eigenvalue weighted by molar-refractivity contribution is 7.17. The Hall–Kier alpha value is -3.00. The first-order valence-corrected chi connectivity index (χ1v) is 10.4. The molecule has 8 heteroatoms. The Balaban J connectivity index is 1.74. The molecule has 0 fully saturated rings. The lowest BCUT2D eigenvalue weighted by molar-refractivity contribution is -0.384. The monoisotopic (exact) mass is 413 g/mol. The van der Waals surface area contributed by atoms with Crippen LogP contribution in [0.5, 0.6) is 0 Å². The number of rotatable bonds is 7. The number of carbonyl (C=O) groups excluding carboxylic acids is 2. The number of amides is 2. The highest BCUT2D eigenvalue weighted by atomic mass is 32.1. The smallest absolute Gasteiger partial charge is 0.269 e. The number of hydrogen-bond acceptors (Lipinski definition) is 5. The molecule has 1 aliphatic carbocycles. The molecule has 3 N–H and O–H groups in total. The van der Waals surface area contributed by atoms with Gasteiger partial charge in [0.2, 0.25) is 5.91 Å². The number of primary amides is 1. The summed E-state index contributed by atoms with van der Waals surface area (Å²) in [5.74, 6) is -0.293. The summed E-state index contributed by atoms with van der Waals surface area (Å²) in [6.07, 6.45) is 7.95. The third-order valence-electron chi connectivity index (χ3n) is 5.08. The van der Waals surface area contributed by atoms with Crippen molar-refractivity contribution in [1.82, 2.24) is 0 Å². The molecule has 0 radical (unpaired) electrons. The number of nitrogens with zero attached hydrogens (tertiary/aromatic N) is 1. The molecule has 29 heavy (non-hydrogen) atoms. The number of nitro groups is 1. The van der Waals surface area contributed by atoms with Gasteiger partial charge in [-0.3, -0.25) is 19.7 Å². The van der Waals surface area contributed by atoms with E-state index in [4.69, 9.17) is 5.73 Å². The van der Waals surface area contributed by atoms with Crippen LogP contribution < -0.4 is 11.1 Å². The summed E-state index contributed by atoms with van der Waals surface area (Å²) in [5, 5.41) is 14.0. The third kappa shape index (κ3) is 4.89.